The zero-order chi connectivity index (χ0) is 12.9. The number of ether oxygens (including phenoxy) is 1. The fraction of sp³-hybridized carbons (Fsp3) is 0.0667. The van der Waals surface area contributed by atoms with Crippen molar-refractivity contribution in [3.63, 3.8) is 0 Å². The molecule has 0 aliphatic heterocycles. The van der Waals surface area contributed by atoms with Gasteiger partial charge in [-0.15, -0.1) is 0 Å². The van der Waals surface area contributed by atoms with Crippen molar-refractivity contribution in [3.05, 3.63) is 66.5 Å². The van der Waals surface area contributed by atoms with Gasteiger partial charge < -0.3 is 4.74 Å². The minimum atomic E-state index is 0.542. The maximum Gasteiger partial charge on any atom is 0.226 e. The second-order valence-electron chi connectivity index (χ2n) is 4.04. The van der Waals surface area contributed by atoms with E-state index in [1.165, 1.54) is 11.5 Å². The highest BCUT2D eigenvalue weighted by Crippen LogP contribution is 2.27. The van der Waals surface area contributed by atoms with Crippen LogP contribution in [-0.4, -0.2) is 9.36 Å². The van der Waals surface area contributed by atoms with Crippen molar-refractivity contribution < 1.29 is 4.74 Å². The molecule has 0 fully saturated rings. The van der Waals surface area contributed by atoms with E-state index in [1.807, 2.05) is 48.5 Å². The molecule has 19 heavy (non-hydrogen) atoms. The second kappa shape index (κ2) is 5.63. The molecule has 0 radical (unpaired) electrons. The van der Waals surface area contributed by atoms with Crippen molar-refractivity contribution in [1.29, 1.82) is 0 Å². The minimum absolute atomic E-state index is 0.542. The zero-order valence-electron chi connectivity index (χ0n) is 10.2. The third-order valence-corrected chi connectivity index (χ3v) is 3.50. The van der Waals surface area contributed by atoms with Crippen LogP contribution in [0.4, 0.5) is 0 Å². The molecule has 4 heteroatoms. The number of pyridine rings is 1. The lowest BCUT2D eigenvalue weighted by Crippen LogP contribution is -1.94. The summed E-state index contributed by atoms with van der Waals surface area (Å²) in [5.74, 6) is 0.667. The van der Waals surface area contributed by atoms with Crippen LogP contribution in [0.1, 0.15) is 5.56 Å². The number of rotatable bonds is 4. The van der Waals surface area contributed by atoms with Crippen LogP contribution in [0.3, 0.4) is 0 Å². The third kappa shape index (κ3) is 2.98. The average Bonchev–Trinajstić information content (AvgIpc) is 2.96. The van der Waals surface area contributed by atoms with E-state index in [1.54, 1.807) is 12.4 Å². The maximum absolute atomic E-state index is 5.68. The molecule has 2 heterocycles. The van der Waals surface area contributed by atoms with Crippen molar-refractivity contribution in [2.45, 2.75) is 6.61 Å². The van der Waals surface area contributed by atoms with Crippen LogP contribution >= 0.6 is 11.5 Å². The molecule has 0 aliphatic rings. The van der Waals surface area contributed by atoms with Gasteiger partial charge in [0.2, 0.25) is 5.88 Å². The molecular weight excluding hydrogens is 256 g/mol. The standard InChI is InChI=1S/C15H12N2OS/c1-2-4-12(5-3-1)11-18-15-10-14(19-17-15)13-6-8-16-9-7-13/h1-10H,11H2. The Labute approximate surface area is 115 Å². The predicted octanol–water partition coefficient (Wildman–Crippen LogP) is 3.78. The number of nitrogens with zero attached hydrogens (tertiary/aromatic N) is 2. The molecular formula is C15H12N2OS. The highest BCUT2D eigenvalue weighted by atomic mass is 32.1. The van der Waals surface area contributed by atoms with Gasteiger partial charge >= 0.3 is 0 Å². The molecule has 0 spiro atoms. The minimum Gasteiger partial charge on any atom is -0.472 e. The van der Waals surface area contributed by atoms with Crippen molar-refractivity contribution in [2.75, 3.05) is 0 Å². The van der Waals surface area contributed by atoms with Crippen LogP contribution in [0.15, 0.2) is 60.9 Å². The molecule has 0 saturated heterocycles. The van der Waals surface area contributed by atoms with Crippen molar-refractivity contribution in [2.24, 2.45) is 0 Å². The largest absolute Gasteiger partial charge is 0.472 e. The molecule has 3 nitrogen and oxygen atoms in total. The predicted molar refractivity (Wildman–Crippen MR) is 76.1 cm³/mol. The molecule has 3 aromatic rings. The SMILES string of the molecule is c1ccc(COc2cc(-c3ccncc3)sn2)cc1. The average molecular weight is 268 g/mol. The van der Waals surface area contributed by atoms with Gasteiger partial charge in [0.15, 0.2) is 0 Å². The summed E-state index contributed by atoms with van der Waals surface area (Å²) < 4.78 is 9.98. The van der Waals surface area contributed by atoms with Gasteiger partial charge in [0.25, 0.3) is 0 Å². The van der Waals surface area contributed by atoms with E-state index >= 15 is 0 Å². The first-order valence-electron chi connectivity index (χ1n) is 5.96. The van der Waals surface area contributed by atoms with Crippen molar-refractivity contribution >= 4 is 11.5 Å². The first kappa shape index (κ1) is 11.9. The van der Waals surface area contributed by atoms with E-state index in [0.29, 0.717) is 12.5 Å². The van der Waals surface area contributed by atoms with Crippen LogP contribution in [0.2, 0.25) is 0 Å². The molecule has 0 saturated carbocycles. The van der Waals surface area contributed by atoms with Crippen LogP contribution in [0.25, 0.3) is 10.4 Å². The summed E-state index contributed by atoms with van der Waals surface area (Å²) in [5, 5.41) is 0. The van der Waals surface area contributed by atoms with E-state index < -0.39 is 0 Å². The van der Waals surface area contributed by atoms with E-state index in [4.69, 9.17) is 4.74 Å². The van der Waals surface area contributed by atoms with Gasteiger partial charge in [-0.25, -0.2) is 0 Å². The van der Waals surface area contributed by atoms with Crippen LogP contribution in [0.5, 0.6) is 5.88 Å². The number of aromatic nitrogens is 2. The fourth-order valence-electron chi connectivity index (χ4n) is 1.71. The molecule has 0 N–H and O–H groups in total. The first-order valence-corrected chi connectivity index (χ1v) is 6.73. The zero-order valence-corrected chi connectivity index (χ0v) is 11.0. The lowest BCUT2D eigenvalue weighted by molar-refractivity contribution is 0.297. The lowest BCUT2D eigenvalue weighted by Gasteiger charge is -2.01. The Morgan fingerprint density at radius 2 is 1.79 bits per heavy atom. The maximum atomic E-state index is 5.68. The first-order chi connectivity index (χ1) is 9.42. The van der Waals surface area contributed by atoms with Gasteiger partial charge in [-0.3, -0.25) is 4.98 Å². The van der Waals surface area contributed by atoms with Gasteiger partial charge in [0.05, 0.1) is 4.88 Å². The monoisotopic (exact) mass is 268 g/mol. The summed E-state index contributed by atoms with van der Waals surface area (Å²) in [5.41, 5.74) is 2.25. The van der Waals surface area contributed by atoms with Crippen molar-refractivity contribution in [3.8, 4) is 16.3 Å². The topological polar surface area (TPSA) is 35.0 Å². The Balaban J connectivity index is 1.69. The lowest BCUT2D eigenvalue weighted by atomic mass is 10.2. The quantitative estimate of drug-likeness (QED) is 0.722. The molecule has 0 unspecified atom stereocenters. The highest BCUT2D eigenvalue weighted by Gasteiger charge is 2.05. The second-order valence-corrected chi connectivity index (χ2v) is 4.84. The number of hydrogen-bond donors (Lipinski definition) is 0. The van der Waals surface area contributed by atoms with E-state index in [9.17, 15) is 0 Å². The Morgan fingerprint density at radius 1 is 1.00 bits per heavy atom. The molecule has 0 amide bonds. The van der Waals surface area contributed by atoms with Gasteiger partial charge in [0.1, 0.15) is 6.61 Å². The summed E-state index contributed by atoms with van der Waals surface area (Å²) in [7, 11) is 0. The number of hydrogen-bond acceptors (Lipinski definition) is 4. The van der Waals surface area contributed by atoms with E-state index in [-0.39, 0.29) is 0 Å². The smallest absolute Gasteiger partial charge is 0.226 e. The summed E-state index contributed by atoms with van der Waals surface area (Å²) >= 11 is 1.44. The van der Waals surface area contributed by atoms with Gasteiger partial charge in [-0.1, -0.05) is 30.3 Å². The van der Waals surface area contributed by atoms with Crippen LogP contribution in [-0.2, 0) is 6.61 Å². The molecule has 0 aliphatic carbocycles. The Bertz CT molecular complexity index is 638. The van der Waals surface area contributed by atoms with Gasteiger partial charge in [-0.05, 0) is 34.8 Å². The normalized spacial score (nSPS) is 10.3. The van der Waals surface area contributed by atoms with Gasteiger partial charge in [0, 0.05) is 18.5 Å². The highest BCUT2D eigenvalue weighted by molar-refractivity contribution is 7.09. The Hall–Kier alpha value is -2.20. The molecule has 0 atom stereocenters. The number of benzene rings is 1. The van der Waals surface area contributed by atoms with E-state index in [0.717, 1.165) is 16.0 Å². The van der Waals surface area contributed by atoms with Crippen LogP contribution < -0.4 is 4.74 Å². The Kier molecular flexibility index (Phi) is 3.51. The van der Waals surface area contributed by atoms with Gasteiger partial charge in [-0.2, -0.15) is 4.37 Å². The third-order valence-electron chi connectivity index (χ3n) is 2.68. The summed E-state index contributed by atoms with van der Waals surface area (Å²) in [6, 6.07) is 16.0. The summed E-state index contributed by atoms with van der Waals surface area (Å²) in [6.07, 6.45) is 3.55. The fourth-order valence-corrected chi connectivity index (χ4v) is 2.40. The molecule has 0 bridgehead atoms. The molecule has 1 aromatic carbocycles. The summed E-state index contributed by atoms with van der Waals surface area (Å²) in [6.45, 7) is 0.542. The summed E-state index contributed by atoms with van der Waals surface area (Å²) in [4.78, 5) is 5.10. The molecule has 2 aromatic heterocycles. The van der Waals surface area contributed by atoms with E-state index in [2.05, 4.69) is 9.36 Å². The molecule has 94 valence electrons. The van der Waals surface area contributed by atoms with Crippen molar-refractivity contribution in [1.82, 2.24) is 9.36 Å². The molecule has 3 rings (SSSR count). The van der Waals surface area contributed by atoms with Crippen LogP contribution in [0, 0.1) is 0 Å². The Morgan fingerprint density at radius 3 is 2.58 bits per heavy atom.